The zero-order valence-corrected chi connectivity index (χ0v) is 20.1. The summed E-state index contributed by atoms with van der Waals surface area (Å²) in [4.78, 5) is 12.1. The van der Waals surface area contributed by atoms with E-state index in [1.165, 1.54) is 51.4 Å². The Labute approximate surface area is 180 Å². The summed E-state index contributed by atoms with van der Waals surface area (Å²) in [6.45, 7) is 15.0. The van der Waals surface area contributed by atoms with E-state index in [-0.39, 0.29) is 0 Å². The summed E-state index contributed by atoms with van der Waals surface area (Å²) in [6.07, 6.45) is 13.1. The van der Waals surface area contributed by atoms with Crippen LogP contribution < -0.4 is 5.32 Å². The molecule has 2 heteroatoms. The minimum absolute atomic E-state index is 0.301. The SMILES string of the molecule is CC(C)CCCC(C)C1CCC2C3C(C)CC4NC(=O)CC[C@]4(C)C3CCC12C. The first-order valence-electron chi connectivity index (χ1n) is 13.0. The molecule has 0 bridgehead atoms. The van der Waals surface area contributed by atoms with Crippen molar-refractivity contribution in [3.8, 4) is 0 Å². The van der Waals surface area contributed by atoms with Crippen molar-refractivity contribution in [1.29, 1.82) is 0 Å². The van der Waals surface area contributed by atoms with Crippen LogP contribution >= 0.6 is 0 Å². The molecule has 0 spiro atoms. The number of fused-ring (bicyclic) bond motifs is 5. The molecule has 29 heavy (non-hydrogen) atoms. The highest BCUT2D eigenvalue weighted by Crippen LogP contribution is 2.67. The highest BCUT2D eigenvalue weighted by Gasteiger charge is 2.62. The average Bonchev–Trinajstić information content (AvgIpc) is 3.00. The fourth-order valence-electron chi connectivity index (χ4n) is 9.07. The molecule has 8 unspecified atom stereocenters. The molecule has 3 saturated carbocycles. The Bertz CT molecular complexity index is 614. The van der Waals surface area contributed by atoms with E-state index >= 15 is 0 Å². The third-order valence-corrected chi connectivity index (χ3v) is 10.7. The van der Waals surface area contributed by atoms with Crippen molar-refractivity contribution in [3.05, 3.63) is 0 Å². The first-order valence-corrected chi connectivity index (χ1v) is 13.0. The Morgan fingerprint density at radius 3 is 2.45 bits per heavy atom. The van der Waals surface area contributed by atoms with Crippen LogP contribution in [-0.4, -0.2) is 11.9 Å². The zero-order valence-electron chi connectivity index (χ0n) is 20.1. The van der Waals surface area contributed by atoms with Crippen LogP contribution in [0, 0.1) is 52.3 Å². The predicted molar refractivity (Wildman–Crippen MR) is 121 cm³/mol. The van der Waals surface area contributed by atoms with Crippen LogP contribution in [0.25, 0.3) is 0 Å². The molecule has 0 aromatic rings. The average molecular weight is 402 g/mol. The Hall–Kier alpha value is -0.530. The van der Waals surface area contributed by atoms with Gasteiger partial charge in [-0.15, -0.1) is 0 Å². The molecule has 1 heterocycles. The van der Waals surface area contributed by atoms with Crippen LogP contribution in [0.3, 0.4) is 0 Å². The van der Waals surface area contributed by atoms with Crippen molar-refractivity contribution in [2.75, 3.05) is 0 Å². The molecule has 0 aromatic carbocycles. The van der Waals surface area contributed by atoms with E-state index in [9.17, 15) is 4.79 Å². The Morgan fingerprint density at radius 1 is 1.00 bits per heavy atom. The van der Waals surface area contributed by atoms with Crippen LogP contribution in [-0.2, 0) is 4.79 Å². The van der Waals surface area contributed by atoms with Gasteiger partial charge in [0.25, 0.3) is 0 Å². The maximum atomic E-state index is 12.1. The maximum Gasteiger partial charge on any atom is 0.220 e. The maximum absolute atomic E-state index is 12.1. The van der Waals surface area contributed by atoms with E-state index in [0.29, 0.717) is 22.8 Å². The van der Waals surface area contributed by atoms with Crippen LogP contribution in [0.15, 0.2) is 0 Å². The Kier molecular flexibility index (Phi) is 5.88. The first-order chi connectivity index (χ1) is 13.7. The van der Waals surface area contributed by atoms with E-state index in [0.717, 1.165) is 54.3 Å². The van der Waals surface area contributed by atoms with Gasteiger partial charge in [0, 0.05) is 12.5 Å². The van der Waals surface area contributed by atoms with Gasteiger partial charge in [-0.25, -0.2) is 0 Å². The molecule has 3 aliphatic carbocycles. The summed E-state index contributed by atoms with van der Waals surface area (Å²) in [6, 6.07) is 0.427. The second-order valence-electron chi connectivity index (χ2n) is 12.7. The highest BCUT2D eigenvalue weighted by atomic mass is 16.1. The van der Waals surface area contributed by atoms with Crippen molar-refractivity contribution < 1.29 is 4.79 Å². The van der Waals surface area contributed by atoms with Gasteiger partial charge in [0.05, 0.1) is 0 Å². The second-order valence-corrected chi connectivity index (χ2v) is 12.7. The third kappa shape index (κ3) is 3.59. The molecule has 9 atom stereocenters. The molecule has 1 N–H and O–H groups in total. The molecule has 1 saturated heterocycles. The van der Waals surface area contributed by atoms with Crippen molar-refractivity contribution in [2.24, 2.45) is 52.3 Å². The standard InChI is InChI=1S/C27H47NO/c1-17(2)8-7-9-18(3)20-10-11-21-25-19(4)16-23-27(6,15-13-24(29)28-23)22(25)12-14-26(20,21)5/h17-23,25H,7-16H2,1-6H3,(H,28,29)/t18?,19?,20?,21?,22?,23?,25?,26?,27-/m1/s1. The van der Waals surface area contributed by atoms with Crippen molar-refractivity contribution in [2.45, 2.75) is 112 Å². The predicted octanol–water partition coefficient (Wildman–Crippen LogP) is 6.83. The minimum atomic E-state index is 0.301. The number of nitrogens with one attached hydrogen (secondary N) is 1. The largest absolute Gasteiger partial charge is 0.353 e. The van der Waals surface area contributed by atoms with Gasteiger partial charge in [-0.2, -0.15) is 0 Å². The lowest BCUT2D eigenvalue weighted by Crippen LogP contribution is -2.63. The van der Waals surface area contributed by atoms with Crippen molar-refractivity contribution in [1.82, 2.24) is 5.32 Å². The summed E-state index contributed by atoms with van der Waals surface area (Å²) in [5.41, 5.74) is 0.904. The van der Waals surface area contributed by atoms with Gasteiger partial charge in [-0.05, 0) is 90.8 Å². The molecule has 4 aliphatic rings. The van der Waals surface area contributed by atoms with Crippen LogP contribution in [0.5, 0.6) is 0 Å². The molecular weight excluding hydrogens is 354 g/mol. The van der Waals surface area contributed by atoms with Gasteiger partial charge >= 0.3 is 0 Å². The van der Waals surface area contributed by atoms with Gasteiger partial charge in [0.15, 0.2) is 0 Å². The zero-order chi connectivity index (χ0) is 21.0. The molecule has 0 radical (unpaired) electrons. The number of hydrogen-bond acceptors (Lipinski definition) is 1. The summed E-state index contributed by atoms with van der Waals surface area (Å²) < 4.78 is 0. The number of amides is 1. The second kappa shape index (κ2) is 7.86. The number of carbonyl (C=O) groups is 1. The quantitative estimate of drug-likeness (QED) is 0.537. The van der Waals surface area contributed by atoms with E-state index in [1.54, 1.807) is 0 Å². The fraction of sp³-hybridized carbons (Fsp3) is 0.963. The number of hydrogen-bond donors (Lipinski definition) is 1. The molecule has 2 nitrogen and oxygen atoms in total. The number of carbonyl (C=O) groups excluding carboxylic acids is 1. The summed E-state index contributed by atoms with van der Waals surface area (Å²) >= 11 is 0. The van der Waals surface area contributed by atoms with Crippen LogP contribution in [0.1, 0.15) is 106 Å². The molecule has 4 rings (SSSR count). The minimum Gasteiger partial charge on any atom is -0.353 e. The van der Waals surface area contributed by atoms with E-state index in [1.807, 2.05) is 0 Å². The van der Waals surface area contributed by atoms with Gasteiger partial charge in [-0.3, -0.25) is 4.79 Å². The lowest BCUT2D eigenvalue weighted by molar-refractivity contribution is -0.144. The molecule has 4 fully saturated rings. The van der Waals surface area contributed by atoms with Gasteiger partial charge < -0.3 is 5.32 Å². The third-order valence-electron chi connectivity index (χ3n) is 10.7. The summed E-state index contributed by atoms with van der Waals surface area (Å²) in [5.74, 6) is 6.36. The molecule has 0 aromatic heterocycles. The summed E-state index contributed by atoms with van der Waals surface area (Å²) in [7, 11) is 0. The lowest BCUT2D eigenvalue weighted by atomic mass is 9.44. The van der Waals surface area contributed by atoms with Crippen molar-refractivity contribution in [3.63, 3.8) is 0 Å². The van der Waals surface area contributed by atoms with E-state index in [2.05, 4.69) is 46.9 Å². The molecular formula is C27H47NO. The number of rotatable bonds is 5. The monoisotopic (exact) mass is 401 g/mol. The Morgan fingerprint density at radius 2 is 1.72 bits per heavy atom. The first kappa shape index (κ1) is 21.7. The summed E-state index contributed by atoms with van der Waals surface area (Å²) in [5, 5.41) is 3.41. The Balaban J connectivity index is 1.51. The molecule has 166 valence electrons. The smallest absolute Gasteiger partial charge is 0.220 e. The highest BCUT2D eigenvalue weighted by molar-refractivity contribution is 5.77. The fourth-order valence-corrected chi connectivity index (χ4v) is 9.07. The van der Waals surface area contributed by atoms with Crippen molar-refractivity contribution >= 4 is 5.91 Å². The van der Waals surface area contributed by atoms with Gasteiger partial charge in [0.1, 0.15) is 0 Å². The normalized spacial score (nSPS) is 47.9. The van der Waals surface area contributed by atoms with Gasteiger partial charge in [-0.1, -0.05) is 60.8 Å². The van der Waals surface area contributed by atoms with Gasteiger partial charge in [0.2, 0.25) is 5.91 Å². The van der Waals surface area contributed by atoms with E-state index < -0.39 is 0 Å². The van der Waals surface area contributed by atoms with Crippen LogP contribution in [0.2, 0.25) is 0 Å². The van der Waals surface area contributed by atoms with E-state index in [4.69, 9.17) is 0 Å². The lowest BCUT2D eigenvalue weighted by Gasteiger charge is -2.62. The topological polar surface area (TPSA) is 29.1 Å². The molecule has 1 aliphatic heterocycles. The molecule has 1 amide bonds. The van der Waals surface area contributed by atoms with Crippen LogP contribution in [0.4, 0.5) is 0 Å². The number of piperidine rings is 1.